The van der Waals surface area contributed by atoms with Crippen LogP contribution in [0, 0.1) is 11.6 Å². The zero-order valence-corrected chi connectivity index (χ0v) is 19.2. The van der Waals surface area contributed by atoms with Gasteiger partial charge in [0.1, 0.15) is 23.8 Å². The Labute approximate surface area is 199 Å². The zero-order chi connectivity index (χ0) is 22.3. The number of piperazine rings is 1. The Balaban J connectivity index is 0.00000306. The van der Waals surface area contributed by atoms with Crippen molar-refractivity contribution in [2.45, 2.75) is 12.1 Å². The number of rotatable bonds is 7. The van der Waals surface area contributed by atoms with Crippen molar-refractivity contribution in [2.75, 3.05) is 59.1 Å². The summed E-state index contributed by atoms with van der Waals surface area (Å²) in [6.07, 6.45) is -0.451. The quantitative estimate of drug-likeness (QED) is 0.659. The number of halogens is 3. The van der Waals surface area contributed by atoms with Gasteiger partial charge in [-0.2, -0.15) is 0 Å². The molecule has 0 aliphatic carbocycles. The van der Waals surface area contributed by atoms with Crippen molar-refractivity contribution in [3.8, 4) is 0 Å². The van der Waals surface area contributed by atoms with Crippen LogP contribution < -0.4 is 5.32 Å². The molecule has 1 amide bonds. The maximum atomic E-state index is 13.4. The van der Waals surface area contributed by atoms with Crippen LogP contribution in [0.1, 0.15) is 17.2 Å². The second-order valence-electron chi connectivity index (χ2n) is 8.05. The minimum Gasteiger partial charge on any atom is -0.378 e. The van der Waals surface area contributed by atoms with Crippen LogP contribution in [0.4, 0.5) is 8.78 Å². The summed E-state index contributed by atoms with van der Waals surface area (Å²) in [5.41, 5.74) is 1.58. The molecule has 0 aromatic heterocycles. The van der Waals surface area contributed by atoms with Crippen molar-refractivity contribution in [3.63, 3.8) is 0 Å². The van der Waals surface area contributed by atoms with E-state index in [0.29, 0.717) is 46.0 Å². The fourth-order valence-corrected chi connectivity index (χ4v) is 4.20. The molecule has 9 heteroatoms. The van der Waals surface area contributed by atoms with Gasteiger partial charge in [-0.15, -0.1) is 12.4 Å². The van der Waals surface area contributed by atoms with Crippen molar-refractivity contribution in [2.24, 2.45) is 0 Å². The number of nitrogens with one attached hydrogen (secondary N) is 1. The highest BCUT2D eigenvalue weighted by atomic mass is 35.5. The van der Waals surface area contributed by atoms with Gasteiger partial charge in [0.2, 0.25) is 5.91 Å². The van der Waals surface area contributed by atoms with Crippen molar-refractivity contribution in [1.29, 1.82) is 0 Å². The van der Waals surface area contributed by atoms with Crippen LogP contribution in [0.15, 0.2) is 48.5 Å². The molecule has 0 saturated carbocycles. The summed E-state index contributed by atoms with van der Waals surface area (Å²) in [5.74, 6) is -0.525. The van der Waals surface area contributed by atoms with Crippen LogP contribution in [-0.4, -0.2) is 80.8 Å². The summed E-state index contributed by atoms with van der Waals surface area (Å²) in [6, 6.07) is 12.0. The molecule has 2 aromatic carbocycles. The molecule has 2 aliphatic rings. The average Bonchev–Trinajstić information content (AvgIpc) is 2.84. The maximum absolute atomic E-state index is 13.4. The highest BCUT2D eigenvalue weighted by Gasteiger charge is 2.32. The van der Waals surface area contributed by atoms with E-state index in [1.165, 1.54) is 24.3 Å². The Morgan fingerprint density at radius 1 is 1.00 bits per heavy atom. The van der Waals surface area contributed by atoms with E-state index in [1.54, 1.807) is 24.3 Å². The molecule has 33 heavy (non-hydrogen) atoms. The minimum atomic E-state index is -0.451. The Morgan fingerprint density at radius 2 is 1.58 bits per heavy atom. The third-order valence-corrected chi connectivity index (χ3v) is 5.97. The maximum Gasteiger partial charge on any atom is 0.241 e. The van der Waals surface area contributed by atoms with Crippen molar-refractivity contribution >= 4 is 18.3 Å². The van der Waals surface area contributed by atoms with Crippen LogP contribution in [0.2, 0.25) is 0 Å². The fraction of sp³-hybridized carbons (Fsp3) is 0.458. The molecule has 0 radical (unpaired) electrons. The van der Waals surface area contributed by atoms with Gasteiger partial charge in [-0.05, 0) is 35.4 Å². The van der Waals surface area contributed by atoms with E-state index < -0.39 is 6.10 Å². The number of carbonyl (C=O) groups is 1. The Hall–Kier alpha value is -2.10. The van der Waals surface area contributed by atoms with Crippen molar-refractivity contribution in [3.05, 3.63) is 71.3 Å². The average molecular weight is 482 g/mol. The number of ether oxygens (including phenoxy) is 2. The van der Waals surface area contributed by atoms with E-state index in [1.807, 2.05) is 4.90 Å². The van der Waals surface area contributed by atoms with Gasteiger partial charge in [0.15, 0.2) is 0 Å². The fourth-order valence-electron chi connectivity index (χ4n) is 4.20. The largest absolute Gasteiger partial charge is 0.378 e. The molecule has 1 unspecified atom stereocenters. The SMILES string of the molecule is Cl.O=C(C1CNCCN1CCOC(c1ccc(F)cc1)c1ccc(F)cc1)N1CCOCC1. The lowest BCUT2D eigenvalue weighted by Gasteiger charge is -2.39. The number of morpholine rings is 1. The summed E-state index contributed by atoms with van der Waals surface area (Å²) in [4.78, 5) is 17.1. The molecule has 6 nitrogen and oxygen atoms in total. The van der Waals surface area contributed by atoms with Crippen LogP contribution in [0.5, 0.6) is 0 Å². The Kier molecular flexibility index (Phi) is 9.58. The third kappa shape index (κ3) is 6.71. The van der Waals surface area contributed by atoms with Crippen molar-refractivity contribution < 1.29 is 23.0 Å². The van der Waals surface area contributed by atoms with Crippen LogP contribution in [-0.2, 0) is 14.3 Å². The lowest BCUT2D eigenvalue weighted by Crippen LogP contribution is -2.60. The topological polar surface area (TPSA) is 54.0 Å². The van der Waals surface area contributed by atoms with Gasteiger partial charge in [-0.1, -0.05) is 24.3 Å². The molecule has 2 fully saturated rings. The van der Waals surface area contributed by atoms with Gasteiger partial charge in [0.05, 0.1) is 19.8 Å². The first-order valence-electron chi connectivity index (χ1n) is 11.1. The van der Waals surface area contributed by atoms with Gasteiger partial charge in [0, 0.05) is 39.3 Å². The lowest BCUT2D eigenvalue weighted by atomic mass is 10.0. The molecule has 2 heterocycles. The van der Waals surface area contributed by atoms with Gasteiger partial charge in [0.25, 0.3) is 0 Å². The lowest BCUT2D eigenvalue weighted by molar-refractivity contribution is -0.142. The zero-order valence-electron chi connectivity index (χ0n) is 18.4. The van der Waals surface area contributed by atoms with Crippen LogP contribution >= 0.6 is 12.4 Å². The predicted molar refractivity (Wildman–Crippen MR) is 123 cm³/mol. The molecule has 180 valence electrons. The summed E-state index contributed by atoms with van der Waals surface area (Å²) in [7, 11) is 0. The van der Waals surface area contributed by atoms with E-state index in [9.17, 15) is 13.6 Å². The monoisotopic (exact) mass is 481 g/mol. The van der Waals surface area contributed by atoms with Crippen LogP contribution in [0.3, 0.4) is 0 Å². The normalized spacial score (nSPS) is 19.4. The highest BCUT2D eigenvalue weighted by Crippen LogP contribution is 2.26. The summed E-state index contributed by atoms with van der Waals surface area (Å²) in [5, 5.41) is 3.31. The number of hydrogen-bond acceptors (Lipinski definition) is 5. The second-order valence-corrected chi connectivity index (χ2v) is 8.05. The van der Waals surface area contributed by atoms with E-state index in [4.69, 9.17) is 9.47 Å². The molecule has 4 rings (SSSR count). The number of nitrogens with zero attached hydrogens (tertiary/aromatic N) is 2. The summed E-state index contributed by atoms with van der Waals surface area (Å²) >= 11 is 0. The van der Waals surface area contributed by atoms with Gasteiger partial charge in [-0.25, -0.2) is 8.78 Å². The predicted octanol–water partition coefficient (Wildman–Crippen LogP) is 2.63. The van der Waals surface area contributed by atoms with E-state index in [0.717, 1.165) is 24.2 Å². The molecule has 0 spiro atoms. The van der Waals surface area contributed by atoms with E-state index in [-0.39, 0.29) is 36.0 Å². The van der Waals surface area contributed by atoms with E-state index in [2.05, 4.69) is 10.2 Å². The molecule has 2 aromatic rings. The standard InChI is InChI=1S/C24H29F2N3O3.ClH/c25-20-5-1-18(2-6-20)23(19-3-7-21(26)8-4-19)32-16-13-28-10-9-27-17-22(28)24(30)29-11-14-31-15-12-29;/h1-8,22-23,27H,9-17H2;1H. The van der Waals surface area contributed by atoms with E-state index >= 15 is 0 Å². The number of carbonyl (C=O) groups excluding carboxylic acids is 1. The van der Waals surface area contributed by atoms with Gasteiger partial charge >= 0.3 is 0 Å². The molecule has 1 N–H and O–H groups in total. The molecule has 1 atom stereocenters. The Morgan fingerprint density at radius 3 is 2.15 bits per heavy atom. The number of amides is 1. The van der Waals surface area contributed by atoms with Crippen molar-refractivity contribution in [1.82, 2.24) is 15.1 Å². The smallest absolute Gasteiger partial charge is 0.241 e. The highest BCUT2D eigenvalue weighted by molar-refractivity contribution is 5.85. The summed E-state index contributed by atoms with van der Waals surface area (Å²) in [6.45, 7) is 5.53. The van der Waals surface area contributed by atoms with Gasteiger partial charge in [-0.3, -0.25) is 9.69 Å². The minimum absolute atomic E-state index is 0. The first-order valence-corrected chi connectivity index (χ1v) is 11.1. The molecular formula is C24H30ClF2N3O3. The number of benzene rings is 2. The molecule has 2 aliphatic heterocycles. The Bertz CT molecular complexity index is 834. The molecule has 2 saturated heterocycles. The molecule has 0 bridgehead atoms. The first-order chi connectivity index (χ1) is 15.6. The van der Waals surface area contributed by atoms with Gasteiger partial charge < -0.3 is 19.7 Å². The second kappa shape index (κ2) is 12.4. The summed E-state index contributed by atoms with van der Waals surface area (Å²) < 4.78 is 38.4. The third-order valence-electron chi connectivity index (χ3n) is 5.97. The van der Waals surface area contributed by atoms with Crippen LogP contribution in [0.25, 0.3) is 0 Å². The first kappa shape index (κ1) is 25.5. The molecular weight excluding hydrogens is 452 g/mol. The number of hydrogen-bond donors (Lipinski definition) is 1.